The summed E-state index contributed by atoms with van der Waals surface area (Å²) in [5.74, 6) is -1.32. The minimum atomic E-state index is -1.13. The number of carboxylic acids is 1. The van der Waals surface area contributed by atoms with E-state index in [9.17, 15) is 9.59 Å². The maximum atomic E-state index is 12.9. The Morgan fingerprint density at radius 3 is 2.09 bits per heavy atom. The van der Waals surface area contributed by atoms with Crippen molar-refractivity contribution in [3.8, 4) is 0 Å². The van der Waals surface area contributed by atoms with Crippen molar-refractivity contribution in [3.05, 3.63) is 35.4 Å². The van der Waals surface area contributed by atoms with Crippen LogP contribution < -0.4 is 0 Å². The van der Waals surface area contributed by atoms with Gasteiger partial charge in [0.05, 0.1) is 5.41 Å². The first kappa shape index (κ1) is 17.9. The van der Waals surface area contributed by atoms with Crippen LogP contribution in [0.2, 0.25) is 0 Å². The van der Waals surface area contributed by atoms with E-state index >= 15 is 0 Å². The summed E-state index contributed by atoms with van der Waals surface area (Å²) in [6.45, 7) is 7.29. The number of benzene rings is 1. The number of carboxylic acid groups (broad SMARTS) is 1. The molecule has 1 N–H and O–H groups in total. The molecule has 0 aliphatic carbocycles. The summed E-state index contributed by atoms with van der Waals surface area (Å²) in [6, 6.07) is 7.88. The number of carbonyl (C=O) groups excluding carboxylic acids is 1. The molecule has 0 atom stereocenters. The molecular formula is C17H24N2O3. The molecule has 1 amide bonds. The number of rotatable bonds is 6. The SMILES string of the molecule is CCC(CC)(C(=O)N(C)N=C(C)C(=O)O)c1ccc(C)cc1. The third-order valence-electron chi connectivity index (χ3n) is 4.12. The third kappa shape index (κ3) is 3.53. The topological polar surface area (TPSA) is 70.0 Å². The smallest absolute Gasteiger partial charge is 0.351 e. The number of hydrazone groups is 1. The molecule has 1 aromatic carbocycles. The minimum Gasteiger partial charge on any atom is -0.477 e. The molecule has 0 heterocycles. The van der Waals surface area contributed by atoms with E-state index in [2.05, 4.69) is 5.10 Å². The van der Waals surface area contributed by atoms with Gasteiger partial charge in [-0.05, 0) is 32.3 Å². The van der Waals surface area contributed by atoms with Crippen LogP contribution in [-0.2, 0) is 15.0 Å². The van der Waals surface area contributed by atoms with Crippen molar-refractivity contribution in [3.63, 3.8) is 0 Å². The summed E-state index contributed by atoms with van der Waals surface area (Å²) in [4.78, 5) is 23.8. The number of likely N-dealkylation sites (N-methyl/N-ethyl adjacent to an activating group) is 1. The Balaban J connectivity index is 3.24. The summed E-state index contributed by atoms with van der Waals surface area (Å²) in [6.07, 6.45) is 1.24. The van der Waals surface area contributed by atoms with Crippen LogP contribution in [0.4, 0.5) is 0 Å². The maximum absolute atomic E-state index is 12.9. The highest BCUT2D eigenvalue weighted by Crippen LogP contribution is 2.34. The van der Waals surface area contributed by atoms with Gasteiger partial charge >= 0.3 is 5.97 Å². The first-order valence-corrected chi connectivity index (χ1v) is 7.42. The zero-order chi connectivity index (χ0) is 16.9. The van der Waals surface area contributed by atoms with Gasteiger partial charge in [-0.15, -0.1) is 0 Å². The van der Waals surface area contributed by atoms with Gasteiger partial charge in [-0.25, -0.2) is 9.80 Å². The fourth-order valence-corrected chi connectivity index (χ4v) is 2.58. The minimum absolute atomic E-state index is 0.110. The van der Waals surface area contributed by atoms with Gasteiger partial charge in [0.15, 0.2) is 0 Å². The van der Waals surface area contributed by atoms with E-state index < -0.39 is 11.4 Å². The molecule has 1 aromatic rings. The molecule has 1 rings (SSSR count). The maximum Gasteiger partial charge on any atom is 0.351 e. The Hall–Kier alpha value is -2.17. The Morgan fingerprint density at radius 1 is 1.18 bits per heavy atom. The van der Waals surface area contributed by atoms with Crippen LogP contribution in [0, 0.1) is 6.92 Å². The predicted octanol–water partition coefficient (Wildman–Crippen LogP) is 2.97. The molecule has 0 aliphatic rings. The Labute approximate surface area is 131 Å². The van der Waals surface area contributed by atoms with Gasteiger partial charge < -0.3 is 5.11 Å². The van der Waals surface area contributed by atoms with E-state index in [0.717, 1.165) is 16.1 Å². The summed E-state index contributed by atoms with van der Waals surface area (Å²) < 4.78 is 0. The fourth-order valence-electron chi connectivity index (χ4n) is 2.58. The van der Waals surface area contributed by atoms with Crippen molar-refractivity contribution in [1.29, 1.82) is 0 Å². The normalized spacial score (nSPS) is 12.1. The summed E-state index contributed by atoms with van der Waals surface area (Å²) in [7, 11) is 1.50. The van der Waals surface area contributed by atoms with E-state index in [1.807, 2.05) is 45.0 Å². The lowest BCUT2D eigenvalue weighted by Crippen LogP contribution is -2.43. The molecule has 5 nitrogen and oxygen atoms in total. The molecule has 0 spiro atoms. The van der Waals surface area contributed by atoms with Gasteiger partial charge in [0.25, 0.3) is 5.91 Å². The van der Waals surface area contributed by atoms with Crippen molar-refractivity contribution in [2.24, 2.45) is 5.10 Å². The average Bonchev–Trinajstić information content (AvgIpc) is 2.50. The number of nitrogens with zero attached hydrogens (tertiary/aromatic N) is 2. The van der Waals surface area contributed by atoms with Crippen LogP contribution in [0.3, 0.4) is 0 Å². The van der Waals surface area contributed by atoms with Gasteiger partial charge in [0.2, 0.25) is 0 Å². The van der Waals surface area contributed by atoms with Crippen LogP contribution in [0.15, 0.2) is 29.4 Å². The van der Waals surface area contributed by atoms with Crippen LogP contribution in [-0.4, -0.2) is 34.8 Å². The molecule has 120 valence electrons. The van der Waals surface area contributed by atoms with Gasteiger partial charge in [0, 0.05) is 7.05 Å². The van der Waals surface area contributed by atoms with Gasteiger partial charge in [-0.1, -0.05) is 43.7 Å². The first-order chi connectivity index (χ1) is 10.3. The summed E-state index contributed by atoms with van der Waals surface area (Å²) in [5.41, 5.74) is 1.26. The Morgan fingerprint density at radius 2 is 1.68 bits per heavy atom. The van der Waals surface area contributed by atoms with E-state index in [-0.39, 0.29) is 11.6 Å². The number of aryl methyl sites for hydroxylation is 1. The molecule has 0 saturated carbocycles. The first-order valence-electron chi connectivity index (χ1n) is 7.42. The van der Waals surface area contributed by atoms with Crippen molar-refractivity contribution >= 4 is 17.6 Å². The number of hydrogen-bond donors (Lipinski definition) is 1. The lowest BCUT2D eigenvalue weighted by molar-refractivity contribution is -0.136. The van der Waals surface area contributed by atoms with E-state index in [0.29, 0.717) is 12.8 Å². The second-order valence-corrected chi connectivity index (χ2v) is 5.47. The van der Waals surface area contributed by atoms with Crippen molar-refractivity contribution < 1.29 is 14.7 Å². The average molecular weight is 304 g/mol. The van der Waals surface area contributed by atoms with E-state index in [1.54, 1.807) is 0 Å². The Bertz CT molecular complexity index is 572. The monoisotopic (exact) mass is 304 g/mol. The van der Waals surface area contributed by atoms with Gasteiger partial charge in [0.1, 0.15) is 5.71 Å². The second-order valence-electron chi connectivity index (χ2n) is 5.47. The van der Waals surface area contributed by atoms with Crippen LogP contribution in [0.1, 0.15) is 44.7 Å². The van der Waals surface area contributed by atoms with Gasteiger partial charge in [-0.2, -0.15) is 5.10 Å². The number of hydrogen-bond acceptors (Lipinski definition) is 3. The largest absolute Gasteiger partial charge is 0.477 e. The highest BCUT2D eigenvalue weighted by Gasteiger charge is 2.39. The zero-order valence-electron chi connectivity index (χ0n) is 13.9. The van der Waals surface area contributed by atoms with Crippen molar-refractivity contribution in [2.75, 3.05) is 7.05 Å². The standard InChI is InChI=1S/C17H24N2O3/c1-6-17(7-2,14-10-8-12(3)9-11-14)16(22)19(5)18-13(4)15(20)21/h8-11H,6-7H2,1-5H3,(H,20,21). The van der Waals surface area contributed by atoms with E-state index in [4.69, 9.17) is 5.11 Å². The fraction of sp³-hybridized carbons (Fsp3) is 0.471. The van der Waals surface area contributed by atoms with Crippen LogP contribution in [0.25, 0.3) is 0 Å². The second kappa shape index (κ2) is 7.20. The van der Waals surface area contributed by atoms with Crippen molar-refractivity contribution in [2.45, 2.75) is 46.0 Å². The highest BCUT2D eigenvalue weighted by atomic mass is 16.4. The molecule has 0 fully saturated rings. The molecule has 22 heavy (non-hydrogen) atoms. The lowest BCUT2D eigenvalue weighted by Gasteiger charge is -2.33. The zero-order valence-corrected chi connectivity index (χ0v) is 13.9. The Kier molecular flexibility index (Phi) is 5.85. The molecule has 0 aromatic heterocycles. The number of amides is 1. The highest BCUT2D eigenvalue weighted by molar-refractivity contribution is 6.34. The third-order valence-corrected chi connectivity index (χ3v) is 4.12. The number of aliphatic carboxylic acids is 1. The van der Waals surface area contributed by atoms with Crippen LogP contribution >= 0.6 is 0 Å². The van der Waals surface area contributed by atoms with Gasteiger partial charge in [-0.3, -0.25) is 4.79 Å². The molecule has 5 heteroatoms. The quantitative estimate of drug-likeness (QED) is 0.649. The molecular weight excluding hydrogens is 280 g/mol. The summed E-state index contributed by atoms with van der Waals surface area (Å²) in [5, 5.41) is 13.9. The van der Waals surface area contributed by atoms with Crippen molar-refractivity contribution in [1.82, 2.24) is 5.01 Å². The molecule has 0 aliphatic heterocycles. The lowest BCUT2D eigenvalue weighted by atomic mass is 9.74. The molecule has 0 bridgehead atoms. The molecule has 0 unspecified atom stereocenters. The van der Waals surface area contributed by atoms with E-state index in [1.165, 1.54) is 14.0 Å². The summed E-state index contributed by atoms with van der Waals surface area (Å²) >= 11 is 0. The molecule has 0 radical (unpaired) electrons. The molecule has 0 saturated heterocycles. The predicted molar refractivity (Wildman–Crippen MR) is 87.0 cm³/mol. The van der Waals surface area contributed by atoms with Crippen LogP contribution in [0.5, 0.6) is 0 Å². The number of carbonyl (C=O) groups is 2.